The lowest BCUT2D eigenvalue weighted by molar-refractivity contribution is -0.175. The molecule has 3 spiro atoms. The van der Waals surface area contributed by atoms with Crippen LogP contribution in [0.15, 0.2) is 18.2 Å². The third kappa shape index (κ3) is 1.87. The van der Waals surface area contributed by atoms with Gasteiger partial charge >= 0.3 is 0 Å². The molecule has 4 atom stereocenters. The smallest absolute Gasteiger partial charge is 0.262 e. The molecule has 0 aromatic heterocycles. The fraction of sp³-hybridized carbons (Fsp3) is 0.577. The molecule has 2 bridgehead atoms. The second kappa shape index (κ2) is 5.51. The normalized spacial score (nSPS) is 39.7. The molecule has 4 unspecified atom stereocenters. The van der Waals surface area contributed by atoms with E-state index in [9.17, 15) is 19.6 Å². The minimum atomic E-state index is -1.15. The summed E-state index contributed by atoms with van der Waals surface area (Å²) in [6, 6.07) is 3.73. The van der Waals surface area contributed by atoms with E-state index >= 15 is 0 Å². The molecule has 8 rings (SSSR count). The van der Waals surface area contributed by atoms with Gasteiger partial charge in [0, 0.05) is 18.0 Å². The Bertz CT molecular complexity index is 1270. The number of rotatable bonds is 0. The van der Waals surface area contributed by atoms with Crippen LogP contribution in [0.4, 0.5) is 5.69 Å². The van der Waals surface area contributed by atoms with Crippen molar-refractivity contribution in [2.24, 2.45) is 11.3 Å². The molecule has 4 saturated heterocycles. The number of ether oxygens (including phenoxy) is 1. The van der Waals surface area contributed by atoms with Gasteiger partial charge in [0.15, 0.2) is 0 Å². The molecule has 34 heavy (non-hydrogen) atoms. The zero-order valence-electron chi connectivity index (χ0n) is 19.9. The van der Waals surface area contributed by atoms with E-state index in [1.54, 1.807) is 4.90 Å². The Hall–Kier alpha value is -2.87. The number of piperazine rings is 1. The van der Waals surface area contributed by atoms with Crippen LogP contribution in [-0.4, -0.2) is 51.1 Å². The number of hydrogen-bond acceptors (Lipinski definition) is 5. The first-order valence-corrected chi connectivity index (χ1v) is 12.2. The maximum atomic E-state index is 14.0. The van der Waals surface area contributed by atoms with Crippen molar-refractivity contribution < 1.29 is 24.3 Å². The van der Waals surface area contributed by atoms with Gasteiger partial charge in [0.2, 0.25) is 11.8 Å². The Labute approximate surface area is 197 Å². The fourth-order valence-electron chi connectivity index (χ4n) is 8.34. The number of carbonyl (C=O) groups is 3. The summed E-state index contributed by atoms with van der Waals surface area (Å²) in [7, 11) is 0. The fourth-order valence-corrected chi connectivity index (χ4v) is 8.34. The minimum absolute atomic E-state index is 0.0699. The number of piperidine rings is 2. The molecule has 6 heterocycles. The number of anilines is 1. The quantitative estimate of drug-likeness (QED) is 0.576. The van der Waals surface area contributed by atoms with Crippen LogP contribution < -0.4 is 15.1 Å². The van der Waals surface area contributed by atoms with Crippen LogP contribution in [0.5, 0.6) is 5.75 Å². The molecule has 0 radical (unpaired) electrons. The third-order valence-electron chi connectivity index (χ3n) is 9.96. The van der Waals surface area contributed by atoms with E-state index in [4.69, 9.17) is 4.74 Å². The zero-order valence-corrected chi connectivity index (χ0v) is 19.9. The third-order valence-corrected chi connectivity index (χ3v) is 9.96. The molecular formula is C26H29N3O5. The molecule has 8 heteroatoms. The molecule has 3 amide bonds. The first-order chi connectivity index (χ1) is 15.9. The zero-order chi connectivity index (χ0) is 24.1. The summed E-state index contributed by atoms with van der Waals surface area (Å²) in [6.45, 7) is 8.53. The highest BCUT2D eigenvalue weighted by Crippen LogP contribution is 2.71. The molecular weight excluding hydrogens is 434 g/mol. The van der Waals surface area contributed by atoms with Crippen LogP contribution in [-0.2, 0) is 19.8 Å². The van der Waals surface area contributed by atoms with Crippen molar-refractivity contribution in [1.82, 2.24) is 10.2 Å². The van der Waals surface area contributed by atoms with Crippen LogP contribution in [0.1, 0.15) is 64.5 Å². The summed E-state index contributed by atoms with van der Waals surface area (Å²) in [5.41, 5.74) is -2.51. The van der Waals surface area contributed by atoms with Gasteiger partial charge in [-0.1, -0.05) is 19.9 Å². The summed E-state index contributed by atoms with van der Waals surface area (Å²) >= 11 is 0. The van der Waals surface area contributed by atoms with Gasteiger partial charge in [-0.2, -0.15) is 5.06 Å². The van der Waals surface area contributed by atoms with E-state index in [-0.39, 0.29) is 24.2 Å². The van der Waals surface area contributed by atoms with Crippen molar-refractivity contribution in [1.29, 1.82) is 0 Å². The molecule has 5 fully saturated rings. The van der Waals surface area contributed by atoms with Crippen molar-refractivity contribution in [2.75, 3.05) is 11.6 Å². The van der Waals surface area contributed by atoms with Crippen molar-refractivity contribution in [3.8, 4) is 5.75 Å². The first-order valence-electron chi connectivity index (χ1n) is 12.2. The van der Waals surface area contributed by atoms with E-state index in [1.807, 2.05) is 52.0 Å². The van der Waals surface area contributed by atoms with Gasteiger partial charge in [0.05, 0.1) is 11.1 Å². The molecule has 7 aliphatic rings. The molecule has 178 valence electrons. The van der Waals surface area contributed by atoms with Gasteiger partial charge in [0.25, 0.3) is 5.91 Å². The van der Waals surface area contributed by atoms with E-state index in [1.165, 1.54) is 0 Å². The van der Waals surface area contributed by atoms with Crippen molar-refractivity contribution in [3.63, 3.8) is 0 Å². The van der Waals surface area contributed by atoms with Gasteiger partial charge < -0.3 is 15.0 Å². The minimum Gasteiger partial charge on any atom is -0.483 e. The van der Waals surface area contributed by atoms with Crippen LogP contribution in [0.25, 0.3) is 6.08 Å². The average Bonchev–Trinajstić information content (AvgIpc) is 3.36. The highest BCUT2D eigenvalue weighted by molar-refractivity contribution is 6.13. The Balaban J connectivity index is 1.46. The molecule has 2 N–H and O–H groups in total. The van der Waals surface area contributed by atoms with E-state index in [0.29, 0.717) is 42.0 Å². The molecule has 1 aromatic rings. The second-order valence-electron chi connectivity index (χ2n) is 12.1. The Kier molecular flexibility index (Phi) is 3.32. The van der Waals surface area contributed by atoms with Gasteiger partial charge in [-0.05, 0) is 68.7 Å². The van der Waals surface area contributed by atoms with Gasteiger partial charge in [-0.3, -0.25) is 19.6 Å². The van der Waals surface area contributed by atoms with Crippen LogP contribution in [0.2, 0.25) is 0 Å². The Morgan fingerprint density at radius 3 is 2.65 bits per heavy atom. The molecule has 1 aliphatic carbocycles. The predicted molar refractivity (Wildman–Crippen MR) is 122 cm³/mol. The number of amides is 3. The summed E-state index contributed by atoms with van der Waals surface area (Å²) in [5.74, 6) is -0.217. The summed E-state index contributed by atoms with van der Waals surface area (Å²) in [5, 5.41) is 15.1. The van der Waals surface area contributed by atoms with E-state index in [0.717, 1.165) is 11.5 Å². The molecule has 1 saturated carbocycles. The number of benzene rings is 1. The summed E-state index contributed by atoms with van der Waals surface area (Å²) in [4.78, 5) is 43.1. The Morgan fingerprint density at radius 2 is 1.88 bits per heavy atom. The topological polar surface area (TPSA) is 99.2 Å². The maximum Gasteiger partial charge on any atom is 0.262 e. The highest BCUT2D eigenvalue weighted by atomic mass is 16.5. The van der Waals surface area contributed by atoms with Crippen LogP contribution in [0, 0.1) is 11.3 Å². The van der Waals surface area contributed by atoms with Crippen molar-refractivity contribution >= 4 is 29.5 Å². The summed E-state index contributed by atoms with van der Waals surface area (Å²) in [6.07, 6.45) is 5.98. The lowest BCUT2D eigenvalue weighted by Gasteiger charge is -2.59. The van der Waals surface area contributed by atoms with Crippen molar-refractivity contribution in [2.45, 2.75) is 75.5 Å². The number of fused-ring (bicyclic) bond motifs is 5. The molecule has 6 aliphatic heterocycles. The Morgan fingerprint density at radius 1 is 1.12 bits per heavy atom. The SMILES string of the molecule is CC1(C)C=Cc2c(ccc3c2N(O)C(=O)C32CC34NC(=O)C5(CCCN5C3=O)CC4C2(C)C)O1. The maximum absolute atomic E-state index is 14.0. The first kappa shape index (κ1) is 20.5. The molecule has 8 nitrogen and oxygen atoms in total. The standard InChI is InChI=1S/C26H29N3O5/c1-22(2)10-8-14-16(34-22)7-6-15-18(14)29(33)20(31)25(15)13-26-17(23(25,3)4)12-24(19(30)27-26)9-5-11-28(24)21(26)32/h6-8,10,17,33H,5,9,11-13H2,1-4H3,(H,27,30). The van der Waals surface area contributed by atoms with E-state index < -0.39 is 33.4 Å². The van der Waals surface area contributed by atoms with E-state index in [2.05, 4.69) is 5.32 Å². The second-order valence-corrected chi connectivity index (χ2v) is 12.1. The average molecular weight is 464 g/mol. The van der Waals surface area contributed by atoms with Gasteiger partial charge in [-0.15, -0.1) is 0 Å². The molecule has 1 aromatic carbocycles. The number of carbonyl (C=O) groups excluding carboxylic acids is 3. The predicted octanol–water partition coefficient (Wildman–Crippen LogP) is 2.52. The monoisotopic (exact) mass is 463 g/mol. The summed E-state index contributed by atoms with van der Waals surface area (Å²) < 4.78 is 6.10. The van der Waals surface area contributed by atoms with Crippen LogP contribution >= 0.6 is 0 Å². The largest absolute Gasteiger partial charge is 0.483 e. The van der Waals surface area contributed by atoms with Gasteiger partial charge in [-0.25, -0.2) is 0 Å². The number of hydrogen-bond donors (Lipinski definition) is 2. The van der Waals surface area contributed by atoms with Gasteiger partial charge in [0.1, 0.15) is 22.4 Å². The lowest BCUT2D eigenvalue weighted by Crippen LogP contribution is -2.81. The number of nitrogens with zero attached hydrogens (tertiary/aromatic N) is 2. The number of nitrogens with one attached hydrogen (secondary N) is 1. The van der Waals surface area contributed by atoms with Crippen LogP contribution in [0.3, 0.4) is 0 Å². The lowest BCUT2D eigenvalue weighted by atomic mass is 9.57. The highest BCUT2D eigenvalue weighted by Gasteiger charge is 2.81. The number of hydroxylamine groups is 1. The van der Waals surface area contributed by atoms with Crippen molar-refractivity contribution in [3.05, 3.63) is 29.3 Å².